The molecule has 1 atom stereocenters. The van der Waals surface area contributed by atoms with Crippen molar-refractivity contribution >= 4 is 5.78 Å². The molecule has 0 aliphatic rings. The van der Waals surface area contributed by atoms with Crippen LogP contribution in [0.15, 0.2) is 48.5 Å². The molecular weight excluding hydrogens is 259 g/mol. The van der Waals surface area contributed by atoms with Gasteiger partial charge in [-0.15, -0.1) is 0 Å². The van der Waals surface area contributed by atoms with Gasteiger partial charge in [0.25, 0.3) is 0 Å². The summed E-state index contributed by atoms with van der Waals surface area (Å²) in [7, 11) is 2.88. The average molecular weight is 274 g/mol. The number of hydrogen-bond donors (Lipinski definition) is 0. The van der Waals surface area contributed by atoms with Crippen molar-refractivity contribution in [1.82, 2.24) is 0 Å². The van der Waals surface area contributed by atoms with Crippen molar-refractivity contribution in [2.45, 2.75) is 6.10 Å². The summed E-state index contributed by atoms with van der Waals surface area (Å²) in [4.78, 5) is 12.5. The first-order chi connectivity index (χ1) is 9.67. The SMILES string of the molecule is COc1ccc(F)cc1C(=O)C(OC)c1ccccc1. The number of carbonyl (C=O) groups is 1. The zero-order chi connectivity index (χ0) is 14.5. The van der Waals surface area contributed by atoms with E-state index in [1.165, 1.54) is 26.4 Å². The van der Waals surface area contributed by atoms with E-state index in [9.17, 15) is 9.18 Å². The summed E-state index contributed by atoms with van der Waals surface area (Å²) in [5.41, 5.74) is 0.884. The van der Waals surface area contributed by atoms with Gasteiger partial charge < -0.3 is 9.47 Å². The quantitative estimate of drug-likeness (QED) is 0.784. The number of ether oxygens (including phenoxy) is 2. The summed E-state index contributed by atoms with van der Waals surface area (Å²) in [6, 6.07) is 12.9. The molecule has 0 N–H and O–H groups in total. The van der Waals surface area contributed by atoms with Crippen LogP contribution >= 0.6 is 0 Å². The minimum Gasteiger partial charge on any atom is -0.496 e. The van der Waals surface area contributed by atoms with Gasteiger partial charge in [0.2, 0.25) is 0 Å². The minimum atomic E-state index is -0.785. The number of ketones is 1. The summed E-state index contributed by atoms with van der Waals surface area (Å²) < 4.78 is 23.7. The monoisotopic (exact) mass is 274 g/mol. The van der Waals surface area contributed by atoms with Crippen LogP contribution < -0.4 is 4.74 Å². The molecule has 3 nitrogen and oxygen atoms in total. The fourth-order valence-corrected chi connectivity index (χ4v) is 2.04. The van der Waals surface area contributed by atoms with Gasteiger partial charge in [0.15, 0.2) is 5.78 Å². The van der Waals surface area contributed by atoms with Gasteiger partial charge in [0, 0.05) is 7.11 Å². The Bertz CT molecular complexity index is 596. The van der Waals surface area contributed by atoms with Gasteiger partial charge in [-0.3, -0.25) is 4.79 Å². The third-order valence-electron chi connectivity index (χ3n) is 3.00. The Hall–Kier alpha value is -2.20. The van der Waals surface area contributed by atoms with Crippen LogP contribution in [0.1, 0.15) is 22.0 Å². The summed E-state index contributed by atoms with van der Waals surface area (Å²) in [6.07, 6.45) is -0.785. The molecule has 104 valence electrons. The zero-order valence-corrected chi connectivity index (χ0v) is 11.3. The molecule has 0 heterocycles. The van der Waals surface area contributed by atoms with Gasteiger partial charge in [0.05, 0.1) is 12.7 Å². The lowest BCUT2D eigenvalue weighted by Gasteiger charge is -2.16. The highest BCUT2D eigenvalue weighted by molar-refractivity contribution is 6.02. The standard InChI is InChI=1S/C16H15FO3/c1-19-14-9-8-12(17)10-13(14)15(18)16(20-2)11-6-4-3-5-7-11/h3-10,16H,1-2H3. The van der Waals surface area contributed by atoms with Crippen LogP contribution in [-0.4, -0.2) is 20.0 Å². The number of halogens is 1. The molecule has 0 spiro atoms. The lowest BCUT2D eigenvalue weighted by atomic mass is 9.99. The van der Waals surface area contributed by atoms with Crippen LogP contribution in [0.5, 0.6) is 5.75 Å². The lowest BCUT2D eigenvalue weighted by Crippen LogP contribution is -2.16. The first-order valence-electron chi connectivity index (χ1n) is 6.13. The molecule has 0 saturated carbocycles. The summed E-state index contributed by atoms with van der Waals surface area (Å²) in [5, 5.41) is 0. The molecule has 4 heteroatoms. The highest BCUT2D eigenvalue weighted by Gasteiger charge is 2.24. The van der Waals surface area contributed by atoms with Crippen molar-refractivity contribution in [2.24, 2.45) is 0 Å². The molecule has 2 rings (SSSR count). The molecule has 0 aromatic heterocycles. The van der Waals surface area contributed by atoms with Crippen molar-refractivity contribution < 1.29 is 18.7 Å². The first-order valence-corrected chi connectivity index (χ1v) is 6.13. The molecule has 0 fully saturated rings. The van der Waals surface area contributed by atoms with Crippen molar-refractivity contribution in [2.75, 3.05) is 14.2 Å². The Morgan fingerprint density at radius 1 is 1.10 bits per heavy atom. The van der Waals surface area contributed by atoms with E-state index in [2.05, 4.69) is 0 Å². The maximum absolute atomic E-state index is 13.4. The van der Waals surface area contributed by atoms with Crippen molar-refractivity contribution in [1.29, 1.82) is 0 Å². The number of Topliss-reactive ketones (excluding diaryl/α,β-unsaturated/α-hetero) is 1. The maximum Gasteiger partial charge on any atom is 0.199 e. The van der Waals surface area contributed by atoms with Gasteiger partial charge in [-0.25, -0.2) is 4.39 Å². The molecule has 0 amide bonds. The Morgan fingerprint density at radius 2 is 1.80 bits per heavy atom. The van der Waals surface area contributed by atoms with E-state index < -0.39 is 11.9 Å². The van der Waals surface area contributed by atoms with Gasteiger partial charge in [-0.05, 0) is 23.8 Å². The summed E-state index contributed by atoms with van der Waals surface area (Å²) in [5.74, 6) is -0.499. The fraction of sp³-hybridized carbons (Fsp3) is 0.188. The zero-order valence-electron chi connectivity index (χ0n) is 11.3. The molecule has 0 aliphatic carbocycles. The smallest absolute Gasteiger partial charge is 0.199 e. The number of rotatable bonds is 5. The average Bonchev–Trinajstić information content (AvgIpc) is 2.49. The molecule has 20 heavy (non-hydrogen) atoms. The Balaban J connectivity index is 2.41. The number of carbonyl (C=O) groups excluding carboxylic acids is 1. The molecule has 0 saturated heterocycles. The Morgan fingerprint density at radius 3 is 2.40 bits per heavy atom. The van der Waals surface area contributed by atoms with Gasteiger partial charge in [0.1, 0.15) is 17.7 Å². The van der Waals surface area contributed by atoms with Crippen LogP contribution in [0.2, 0.25) is 0 Å². The highest BCUT2D eigenvalue weighted by Crippen LogP contribution is 2.27. The van der Waals surface area contributed by atoms with Gasteiger partial charge >= 0.3 is 0 Å². The Kier molecular flexibility index (Phi) is 4.48. The highest BCUT2D eigenvalue weighted by atomic mass is 19.1. The number of methoxy groups -OCH3 is 2. The third kappa shape index (κ3) is 2.86. The van der Waals surface area contributed by atoms with E-state index in [1.807, 2.05) is 18.2 Å². The predicted molar refractivity (Wildman–Crippen MR) is 73.5 cm³/mol. The van der Waals surface area contributed by atoms with Crippen LogP contribution in [0.25, 0.3) is 0 Å². The van der Waals surface area contributed by atoms with E-state index in [0.29, 0.717) is 11.3 Å². The van der Waals surface area contributed by atoms with Crippen molar-refractivity contribution in [3.8, 4) is 5.75 Å². The van der Waals surface area contributed by atoms with E-state index in [-0.39, 0.29) is 11.3 Å². The largest absolute Gasteiger partial charge is 0.496 e. The van der Waals surface area contributed by atoms with Crippen LogP contribution in [0.4, 0.5) is 4.39 Å². The molecule has 0 aliphatic heterocycles. The second kappa shape index (κ2) is 6.30. The summed E-state index contributed by atoms with van der Waals surface area (Å²) >= 11 is 0. The molecule has 1 unspecified atom stereocenters. The summed E-state index contributed by atoms with van der Waals surface area (Å²) in [6.45, 7) is 0. The molecule has 0 bridgehead atoms. The second-order valence-electron chi connectivity index (χ2n) is 4.24. The minimum absolute atomic E-state index is 0.170. The molecule has 2 aromatic rings. The molecule has 0 radical (unpaired) electrons. The molecular formula is C16H15FO3. The number of benzene rings is 2. The maximum atomic E-state index is 13.4. The lowest BCUT2D eigenvalue weighted by molar-refractivity contribution is 0.0601. The van der Waals surface area contributed by atoms with Crippen LogP contribution in [-0.2, 0) is 4.74 Å². The Labute approximate surface area is 117 Å². The first kappa shape index (κ1) is 14.2. The van der Waals surface area contributed by atoms with Crippen LogP contribution in [0, 0.1) is 5.82 Å². The van der Waals surface area contributed by atoms with Crippen LogP contribution in [0.3, 0.4) is 0 Å². The van der Waals surface area contributed by atoms with E-state index >= 15 is 0 Å². The van der Waals surface area contributed by atoms with E-state index in [0.717, 1.165) is 6.07 Å². The topological polar surface area (TPSA) is 35.5 Å². The second-order valence-corrected chi connectivity index (χ2v) is 4.24. The van der Waals surface area contributed by atoms with E-state index in [4.69, 9.17) is 9.47 Å². The number of hydrogen-bond acceptors (Lipinski definition) is 3. The van der Waals surface area contributed by atoms with E-state index in [1.54, 1.807) is 12.1 Å². The predicted octanol–water partition coefficient (Wildman–Crippen LogP) is 3.40. The van der Waals surface area contributed by atoms with Gasteiger partial charge in [-0.1, -0.05) is 30.3 Å². The van der Waals surface area contributed by atoms with Crippen molar-refractivity contribution in [3.63, 3.8) is 0 Å². The molecule has 2 aromatic carbocycles. The van der Waals surface area contributed by atoms with Crippen molar-refractivity contribution in [3.05, 3.63) is 65.5 Å². The normalized spacial score (nSPS) is 11.9. The third-order valence-corrected chi connectivity index (χ3v) is 3.00. The fourth-order valence-electron chi connectivity index (χ4n) is 2.04. The van der Waals surface area contributed by atoms with Gasteiger partial charge in [-0.2, -0.15) is 0 Å².